The number of imide groups is 1. The van der Waals surface area contributed by atoms with Gasteiger partial charge in [-0.05, 0) is 41.8 Å². The third-order valence-corrected chi connectivity index (χ3v) is 3.67. The Kier molecular flexibility index (Phi) is 4.84. The smallest absolute Gasteiger partial charge is 0.333 e. The standard InChI is InChI=1S/C20H20N2O3/c1-14(2)13-25-17-10-8-15(9-11-17)12-18-19(23)22(20(24)21-18)16-6-4-3-5-7-16/h3-12,14H,13H2,1-2H3,(H,21,24)/b18-12+. The Bertz CT molecular complexity index is 795. The quantitative estimate of drug-likeness (QED) is 0.667. The SMILES string of the molecule is CC(C)COc1ccc(/C=C2/NC(=O)N(c3ccccc3)C2=O)cc1. The molecular weight excluding hydrogens is 316 g/mol. The van der Waals surface area contributed by atoms with Crippen molar-refractivity contribution in [2.45, 2.75) is 13.8 Å². The number of urea groups is 1. The summed E-state index contributed by atoms with van der Waals surface area (Å²) in [6.45, 7) is 4.83. The summed E-state index contributed by atoms with van der Waals surface area (Å²) < 4.78 is 5.64. The molecule has 3 amide bonds. The van der Waals surface area contributed by atoms with Crippen molar-refractivity contribution in [1.29, 1.82) is 0 Å². The number of para-hydroxylation sites is 1. The second-order valence-electron chi connectivity index (χ2n) is 6.24. The molecule has 1 N–H and O–H groups in total. The fourth-order valence-corrected chi connectivity index (χ4v) is 2.44. The van der Waals surface area contributed by atoms with Crippen LogP contribution >= 0.6 is 0 Å². The van der Waals surface area contributed by atoms with Crippen molar-refractivity contribution in [3.8, 4) is 5.75 Å². The third-order valence-electron chi connectivity index (χ3n) is 3.67. The van der Waals surface area contributed by atoms with Crippen LogP contribution in [-0.2, 0) is 4.79 Å². The Morgan fingerprint density at radius 3 is 2.36 bits per heavy atom. The highest BCUT2D eigenvalue weighted by atomic mass is 16.5. The Balaban J connectivity index is 1.76. The predicted molar refractivity (Wildman–Crippen MR) is 97.2 cm³/mol. The lowest BCUT2D eigenvalue weighted by Crippen LogP contribution is -2.30. The van der Waals surface area contributed by atoms with E-state index in [0.29, 0.717) is 18.2 Å². The van der Waals surface area contributed by atoms with E-state index in [1.807, 2.05) is 30.3 Å². The number of amides is 3. The second-order valence-corrected chi connectivity index (χ2v) is 6.24. The predicted octanol–water partition coefficient (Wildman–Crippen LogP) is 3.82. The number of rotatable bonds is 5. The van der Waals surface area contributed by atoms with Crippen molar-refractivity contribution >= 4 is 23.7 Å². The molecule has 0 unspecified atom stereocenters. The number of carbonyl (C=O) groups is 2. The fourth-order valence-electron chi connectivity index (χ4n) is 2.44. The molecule has 2 aromatic rings. The maximum absolute atomic E-state index is 12.5. The van der Waals surface area contributed by atoms with Crippen LogP contribution < -0.4 is 15.0 Å². The summed E-state index contributed by atoms with van der Waals surface area (Å²) in [5.41, 5.74) is 1.62. The molecule has 5 heteroatoms. The first-order chi connectivity index (χ1) is 12.0. The number of nitrogens with zero attached hydrogens (tertiary/aromatic N) is 1. The molecule has 0 radical (unpaired) electrons. The van der Waals surface area contributed by atoms with Crippen LogP contribution in [-0.4, -0.2) is 18.5 Å². The Morgan fingerprint density at radius 1 is 1.04 bits per heavy atom. The number of ether oxygens (including phenoxy) is 1. The van der Waals surface area contributed by atoms with Crippen molar-refractivity contribution in [2.24, 2.45) is 5.92 Å². The van der Waals surface area contributed by atoms with Gasteiger partial charge in [-0.15, -0.1) is 0 Å². The minimum Gasteiger partial charge on any atom is -0.493 e. The van der Waals surface area contributed by atoms with E-state index in [1.54, 1.807) is 30.3 Å². The van der Waals surface area contributed by atoms with E-state index in [0.717, 1.165) is 16.2 Å². The number of anilines is 1. The van der Waals surface area contributed by atoms with Crippen LogP contribution in [0.2, 0.25) is 0 Å². The molecule has 1 fully saturated rings. The largest absolute Gasteiger partial charge is 0.493 e. The van der Waals surface area contributed by atoms with Gasteiger partial charge in [0.2, 0.25) is 0 Å². The van der Waals surface area contributed by atoms with Gasteiger partial charge in [0.05, 0.1) is 12.3 Å². The summed E-state index contributed by atoms with van der Waals surface area (Å²) in [7, 11) is 0. The Labute approximate surface area is 146 Å². The zero-order chi connectivity index (χ0) is 17.8. The first kappa shape index (κ1) is 16.8. The topological polar surface area (TPSA) is 58.6 Å². The van der Waals surface area contributed by atoms with Crippen LogP contribution in [0.1, 0.15) is 19.4 Å². The van der Waals surface area contributed by atoms with E-state index in [9.17, 15) is 9.59 Å². The number of carbonyl (C=O) groups excluding carboxylic acids is 2. The highest BCUT2D eigenvalue weighted by Gasteiger charge is 2.34. The number of hydrogen-bond donors (Lipinski definition) is 1. The highest BCUT2D eigenvalue weighted by molar-refractivity contribution is 6.28. The summed E-state index contributed by atoms with van der Waals surface area (Å²) in [5.74, 6) is 0.872. The summed E-state index contributed by atoms with van der Waals surface area (Å²) in [4.78, 5) is 25.8. The van der Waals surface area contributed by atoms with Gasteiger partial charge in [0.25, 0.3) is 5.91 Å². The summed E-state index contributed by atoms with van der Waals surface area (Å²) in [5, 5.41) is 2.62. The Morgan fingerprint density at radius 2 is 1.72 bits per heavy atom. The highest BCUT2D eigenvalue weighted by Crippen LogP contribution is 2.22. The molecule has 0 bridgehead atoms. The van der Waals surface area contributed by atoms with Crippen molar-refractivity contribution in [1.82, 2.24) is 5.32 Å². The van der Waals surface area contributed by atoms with Crippen LogP contribution in [0.5, 0.6) is 5.75 Å². The zero-order valence-corrected chi connectivity index (χ0v) is 14.2. The third kappa shape index (κ3) is 3.88. The lowest BCUT2D eigenvalue weighted by atomic mass is 10.2. The van der Waals surface area contributed by atoms with Crippen molar-refractivity contribution in [3.63, 3.8) is 0 Å². The lowest BCUT2D eigenvalue weighted by Gasteiger charge is -2.10. The van der Waals surface area contributed by atoms with Crippen LogP contribution in [0.3, 0.4) is 0 Å². The van der Waals surface area contributed by atoms with E-state index in [-0.39, 0.29) is 11.6 Å². The van der Waals surface area contributed by atoms with Gasteiger partial charge in [-0.3, -0.25) is 4.79 Å². The molecule has 0 spiro atoms. The van der Waals surface area contributed by atoms with Gasteiger partial charge >= 0.3 is 6.03 Å². The average Bonchev–Trinajstić information content (AvgIpc) is 2.88. The zero-order valence-electron chi connectivity index (χ0n) is 14.2. The van der Waals surface area contributed by atoms with Crippen molar-refractivity contribution in [3.05, 3.63) is 65.9 Å². The molecule has 3 rings (SSSR count). The molecule has 5 nitrogen and oxygen atoms in total. The minimum atomic E-state index is -0.445. The normalized spacial score (nSPS) is 15.8. The van der Waals surface area contributed by atoms with Crippen LogP contribution in [0.4, 0.5) is 10.5 Å². The molecule has 0 aromatic heterocycles. The van der Waals surface area contributed by atoms with Crippen LogP contribution in [0.15, 0.2) is 60.3 Å². The minimum absolute atomic E-state index is 0.254. The first-order valence-electron chi connectivity index (χ1n) is 8.19. The van der Waals surface area contributed by atoms with Gasteiger partial charge in [-0.1, -0.05) is 44.2 Å². The van der Waals surface area contributed by atoms with Crippen molar-refractivity contribution < 1.29 is 14.3 Å². The van der Waals surface area contributed by atoms with Gasteiger partial charge in [-0.2, -0.15) is 0 Å². The van der Waals surface area contributed by atoms with Gasteiger partial charge in [-0.25, -0.2) is 9.69 Å². The second kappa shape index (κ2) is 7.21. The van der Waals surface area contributed by atoms with Crippen LogP contribution in [0, 0.1) is 5.92 Å². The summed E-state index contributed by atoms with van der Waals surface area (Å²) in [6, 6.07) is 15.8. The molecule has 0 atom stereocenters. The van der Waals surface area contributed by atoms with E-state index < -0.39 is 6.03 Å². The Hall–Kier alpha value is -3.08. The molecule has 0 saturated carbocycles. The van der Waals surface area contributed by atoms with Gasteiger partial charge in [0, 0.05) is 0 Å². The maximum Gasteiger partial charge on any atom is 0.333 e. The van der Waals surface area contributed by atoms with E-state index in [2.05, 4.69) is 19.2 Å². The average molecular weight is 336 g/mol. The fraction of sp³-hybridized carbons (Fsp3) is 0.200. The molecule has 2 aromatic carbocycles. The molecule has 1 heterocycles. The van der Waals surface area contributed by atoms with E-state index in [1.165, 1.54) is 0 Å². The number of nitrogens with one attached hydrogen (secondary N) is 1. The number of hydrogen-bond acceptors (Lipinski definition) is 3. The summed E-state index contributed by atoms with van der Waals surface area (Å²) >= 11 is 0. The van der Waals surface area contributed by atoms with E-state index in [4.69, 9.17) is 4.74 Å². The van der Waals surface area contributed by atoms with E-state index >= 15 is 0 Å². The van der Waals surface area contributed by atoms with Gasteiger partial charge < -0.3 is 10.1 Å². The molecule has 25 heavy (non-hydrogen) atoms. The van der Waals surface area contributed by atoms with Gasteiger partial charge in [0.1, 0.15) is 11.4 Å². The molecular formula is C20H20N2O3. The van der Waals surface area contributed by atoms with Gasteiger partial charge in [0.15, 0.2) is 0 Å². The molecule has 128 valence electrons. The lowest BCUT2D eigenvalue weighted by molar-refractivity contribution is -0.113. The molecule has 1 aliphatic heterocycles. The monoisotopic (exact) mass is 336 g/mol. The molecule has 0 aliphatic carbocycles. The summed E-state index contributed by atoms with van der Waals surface area (Å²) in [6.07, 6.45) is 1.66. The molecule has 1 saturated heterocycles. The molecule has 1 aliphatic rings. The maximum atomic E-state index is 12.5. The van der Waals surface area contributed by atoms with Crippen LogP contribution in [0.25, 0.3) is 6.08 Å². The number of benzene rings is 2. The van der Waals surface area contributed by atoms with Crippen molar-refractivity contribution in [2.75, 3.05) is 11.5 Å². The first-order valence-corrected chi connectivity index (χ1v) is 8.19.